The molecule has 65 heavy (non-hydrogen) atoms. The van der Waals surface area contributed by atoms with Crippen LogP contribution >= 0.6 is 0 Å². The number of benzene rings is 4. The Balaban J connectivity index is 0.000000178. The topological polar surface area (TPSA) is 115 Å². The quantitative estimate of drug-likeness (QED) is 0.131. The van der Waals surface area contributed by atoms with Gasteiger partial charge in [0.15, 0.2) is 13.2 Å². The summed E-state index contributed by atoms with van der Waals surface area (Å²) >= 11 is 0. The number of rotatable bonds is 11. The SMILES string of the molecule is Cc1ccc(OCC(=O)Nc2ccc3nc(N4CCC(N5CCCC5)CC4)cc(C)c3c2)cc1.Cc1ccc(OCC(=O)Nc2ccc3nc(N4CCCN(C)CC4)cc(C)c3c2)cc1. The minimum absolute atomic E-state index is 0.0232. The lowest BCUT2D eigenvalue weighted by Gasteiger charge is -2.37. The molecule has 9 rings (SSSR count). The van der Waals surface area contributed by atoms with Crippen molar-refractivity contribution in [3.63, 3.8) is 0 Å². The van der Waals surface area contributed by atoms with Crippen LogP contribution in [0.25, 0.3) is 21.8 Å². The van der Waals surface area contributed by atoms with Crippen LogP contribution in [0.4, 0.5) is 23.0 Å². The van der Waals surface area contributed by atoms with Gasteiger partial charge in [0.05, 0.1) is 11.0 Å². The molecule has 340 valence electrons. The molecule has 4 aromatic carbocycles. The van der Waals surface area contributed by atoms with Crippen LogP contribution in [0.5, 0.6) is 11.5 Å². The third-order valence-corrected chi connectivity index (χ3v) is 12.8. The summed E-state index contributed by atoms with van der Waals surface area (Å²) in [5.74, 6) is 3.11. The number of pyridine rings is 2. The maximum atomic E-state index is 12.4. The van der Waals surface area contributed by atoms with Gasteiger partial charge in [-0.1, -0.05) is 35.4 Å². The van der Waals surface area contributed by atoms with E-state index in [1.165, 1.54) is 44.3 Å². The fourth-order valence-electron chi connectivity index (χ4n) is 9.04. The van der Waals surface area contributed by atoms with E-state index in [-0.39, 0.29) is 25.0 Å². The van der Waals surface area contributed by atoms with Gasteiger partial charge in [-0.15, -0.1) is 0 Å². The molecule has 0 radical (unpaired) electrons. The van der Waals surface area contributed by atoms with Crippen LogP contribution in [0, 0.1) is 27.7 Å². The van der Waals surface area contributed by atoms with E-state index in [0.29, 0.717) is 11.5 Å². The van der Waals surface area contributed by atoms with E-state index in [2.05, 4.69) is 63.3 Å². The molecule has 3 fully saturated rings. The Bertz CT molecular complexity index is 2570. The maximum Gasteiger partial charge on any atom is 0.262 e. The number of hydrogen-bond acceptors (Lipinski definition) is 10. The number of hydrogen-bond donors (Lipinski definition) is 2. The molecule has 2 aromatic heterocycles. The number of ether oxygens (including phenoxy) is 2. The fourth-order valence-corrected chi connectivity index (χ4v) is 9.04. The van der Waals surface area contributed by atoms with E-state index >= 15 is 0 Å². The molecule has 12 nitrogen and oxygen atoms in total. The number of amides is 2. The Labute approximate surface area is 383 Å². The van der Waals surface area contributed by atoms with Gasteiger partial charge in [0.1, 0.15) is 23.1 Å². The largest absolute Gasteiger partial charge is 0.484 e. The smallest absolute Gasteiger partial charge is 0.262 e. The number of likely N-dealkylation sites (N-methyl/N-ethyl adjacent to an activating group) is 1. The molecule has 5 heterocycles. The molecule has 2 N–H and O–H groups in total. The van der Waals surface area contributed by atoms with Crippen molar-refractivity contribution >= 4 is 56.6 Å². The number of aromatic nitrogens is 2. The highest BCUT2D eigenvalue weighted by molar-refractivity contribution is 5.96. The molecule has 0 atom stereocenters. The highest BCUT2D eigenvalue weighted by Crippen LogP contribution is 2.30. The summed E-state index contributed by atoms with van der Waals surface area (Å²) in [6, 6.07) is 32.2. The molecular formula is C53H64N8O4. The zero-order valence-electron chi connectivity index (χ0n) is 38.7. The van der Waals surface area contributed by atoms with Crippen molar-refractivity contribution in [2.45, 2.75) is 65.8 Å². The number of nitrogens with one attached hydrogen (secondary N) is 2. The van der Waals surface area contributed by atoms with Gasteiger partial charge in [-0.25, -0.2) is 9.97 Å². The Hall–Kier alpha value is -6.24. The highest BCUT2D eigenvalue weighted by Gasteiger charge is 2.27. The zero-order chi connectivity index (χ0) is 45.3. The summed E-state index contributed by atoms with van der Waals surface area (Å²) in [4.78, 5) is 44.4. The summed E-state index contributed by atoms with van der Waals surface area (Å²) in [7, 11) is 2.17. The highest BCUT2D eigenvalue weighted by atomic mass is 16.5. The third kappa shape index (κ3) is 12.1. The summed E-state index contributed by atoms with van der Waals surface area (Å²) in [5.41, 5.74) is 8.06. The molecule has 0 aliphatic carbocycles. The second-order valence-corrected chi connectivity index (χ2v) is 18.0. The monoisotopic (exact) mass is 877 g/mol. The van der Waals surface area contributed by atoms with Crippen molar-refractivity contribution in [3.05, 3.63) is 119 Å². The first kappa shape index (κ1) is 45.3. The average molecular weight is 877 g/mol. The van der Waals surface area contributed by atoms with Crippen LogP contribution in [-0.2, 0) is 9.59 Å². The number of aryl methyl sites for hydroxylation is 4. The van der Waals surface area contributed by atoms with Gasteiger partial charge in [0.25, 0.3) is 11.8 Å². The lowest BCUT2D eigenvalue weighted by atomic mass is 10.0. The van der Waals surface area contributed by atoms with E-state index in [1.807, 2.05) is 98.8 Å². The molecule has 0 saturated carbocycles. The number of carbonyl (C=O) groups excluding carboxylic acids is 2. The summed E-state index contributed by atoms with van der Waals surface area (Å²) < 4.78 is 11.2. The molecule has 0 bridgehead atoms. The minimum Gasteiger partial charge on any atom is -0.484 e. The van der Waals surface area contributed by atoms with Crippen LogP contribution < -0.4 is 29.9 Å². The van der Waals surface area contributed by atoms with Crippen molar-refractivity contribution in [3.8, 4) is 11.5 Å². The van der Waals surface area contributed by atoms with Crippen molar-refractivity contribution in [1.82, 2.24) is 19.8 Å². The molecule has 3 saturated heterocycles. The van der Waals surface area contributed by atoms with Crippen LogP contribution in [0.15, 0.2) is 97.1 Å². The normalized spacial score (nSPS) is 16.2. The van der Waals surface area contributed by atoms with Crippen LogP contribution in [0.1, 0.15) is 54.4 Å². The van der Waals surface area contributed by atoms with E-state index < -0.39 is 0 Å². The summed E-state index contributed by atoms with van der Waals surface area (Å²) in [6.07, 6.45) is 6.29. The third-order valence-electron chi connectivity index (χ3n) is 12.8. The molecule has 0 spiro atoms. The number of anilines is 4. The number of fused-ring (bicyclic) bond motifs is 2. The van der Waals surface area contributed by atoms with Crippen LogP contribution in [0.3, 0.4) is 0 Å². The predicted molar refractivity (Wildman–Crippen MR) is 264 cm³/mol. The summed E-state index contributed by atoms with van der Waals surface area (Å²) in [6.45, 7) is 17.1. The molecule has 12 heteroatoms. The molecule has 0 unspecified atom stereocenters. The Morgan fingerprint density at radius 3 is 1.52 bits per heavy atom. The number of carbonyl (C=O) groups is 2. The van der Waals surface area contributed by atoms with Gasteiger partial charge in [-0.3, -0.25) is 9.59 Å². The van der Waals surface area contributed by atoms with E-state index in [0.717, 1.165) is 113 Å². The molecule has 3 aliphatic heterocycles. The van der Waals surface area contributed by atoms with Crippen molar-refractivity contribution < 1.29 is 19.1 Å². The summed E-state index contributed by atoms with van der Waals surface area (Å²) in [5, 5.41) is 7.98. The second kappa shape index (κ2) is 21.2. The van der Waals surface area contributed by atoms with Crippen molar-refractivity contribution in [1.29, 1.82) is 0 Å². The van der Waals surface area contributed by atoms with Crippen molar-refractivity contribution in [2.24, 2.45) is 0 Å². The van der Waals surface area contributed by atoms with Crippen LogP contribution in [0.2, 0.25) is 0 Å². The first-order chi connectivity index (χ1) is 31.5. The van der Waals surface area contributed by atoms with Gasteiger partial charge in [-0.2, -0.15) is 0 Å². The van der Waals surface area contributed by atoms with Gasteiger partial charge in [0.2, 0.25) is 0 Å². The van der Waals surface area contributed by atoms with E-state index in [4.69, 9.17) is 19.4 Å². The zero-order valence-corrected chi connectivity index (χ0v) is 38.7. The number of likely N-dealkylation sites (tertiary alicyclic amines) is 1. The van der Waals surface area contributed by atoms with Crippen LogP contribution in [-0.4, -0.2) is 110 Å². The minimum atomic E-state index is -0.184. The Morgan fingerprint density at radius 1 is 0.554 bits per heavy atom. The lowest BCUT2D eigenvalue weighted by Crippen LogP contribution is -2.44. The van der Waals surface area contributed by atoms with Gasteiger partial charge < -0.3 is 39.7 Å². The Morgan fingerprint density at radius 2 is 1.03 bits per heavy atom. The standard InChI is InChI=1S/C28H34N4O2.C25H30N4O2/c1-20-5-8-24(9-6-20)34-19-28(33)29-22-7-10-26-25(18-22)21(2)17-27(30-26)32-15-11-23(12-16-32)31-13-3-4-14-31;1-18-5-8-21(9-6-18)31-17-25(30)26-20-7-10-23-22(16-20)19(2)15-24(27-23)29-12-4-11-28(3)13-14-29/h5-10,17-18,23H,3-4,11-16,19H2,1-2H3,(H,29,33);5-10,15-16H,4,11-14,17H2,1-3H3,(H,26,30). The molecule has 2 amide bonds. The van der Waals surface area contributed by atoms with Gasteiger partial charge in [0, 0.05) is 60.9 Å². The first-order valence-electron chi connectivity index (χ1n) is 23.3. The van der Waals surface area contributed by atoms with Gasteiger partial charge >= 0.3 is 0 Å². The number of piperidine rings is 1. The van der Waals surface area contributed by atoms with E-state index in [9.17, 15) is 9.59 Å². The number of nitrogens with zero attached hydrogens (tertiary/aromatic N) is 6. The lowest BCUT2D eigenvalue weighted by molar-refractivity contribution is -0.118. The molecule has 6 aromatic rings. The Kier molecular flexibility index (Phi) is 14.8. The molecule has 3 aliphatic rings. The predicted octanol–water partition coefficient (Wildman–Crippen LogP) is 8.94. The first-order valence-corrected chi connectivity index (χ1v) is 23.3. The maximum absolute atomic E-state index is 12.4. The van der Waals surface area contributed by atoms with Gasteiger partial charge in [-0.05, 0) is 170 Å². The second-order valence-electron chi connectivity index (χ2n) is 18.0. The fraction of sp³-hybridized carbons (Fsp3) is 0.396. The molecular weight excluding hydrogens is 813 g/mol. The van der Waals surface area contributed by atoms with E-state index in [1.54, 1.807) is 0 Å². The average Bonchev–Trinajstić information content (AvgIpc) is 3.77. The van der Waals surface area contributed by atoms with Crippen molar-refractivity contribution in [2.75, 3.05) is 93.1 Å².